The topological polar surface area (TPSA) is 60.2 Å². The van der Waals surface area contributed by atoms with Gasteiger partial charge >= 0.3 is 0 Å². The van der Waals surface area contributed by atoms with E-state index in [0.29, 0.717) is 11.8 Å². The molecule has 0 spiro atoms. The van der Waals surface area contributed by atoms with Gasteiger partial charge in [-0.1, -0.05) is 37.3 Å². The lowest BCUT2D eigenvalue weighted by Gasteiger charge is -2.49. The van der Waals surface area contributed by atoms with Crippen molar-refractivity contribution in [3.63, 3.8) is 0 Å². The van der Waals surface area contributed by atoms with Crippen LogP contribution in [0.25, 0.3) is 0 Å². The summed E-state index contributed by atoms with van der Waals surface area (Å²) in [6, 6.07) is 10.7. The third-order valence-corrected chi connectivity index (χ3v) is 7.10. The number of aliphatic imine (C=N–C) groups is 1. The van der Waals surface area contributed by atoms with Crippen LogP contribution in [0.2, 0.25) is 0 Å². The molecule has 0 unspecified atom stereocenters. The lowest BCUT2D eigenvalue weighted by atomic mass is 9.59. The van der Waals surface area contributed by atoms with Crippen molar-refractivity contribution in [2.75, 3.05) is 20.1 Å². The minimum absolute atomic E-state index is 0.0904. The van der Waals surface area contributed by atoms with Gasteiger partial charge in [0.1, 0.15) is 0 Å². The predicted octanol–water partition coefficient (Wildman–Crippen LogP) is 2.98. The molecule has 3 aliphatic rings. The standard InChI is InChI=1S/C21H30N4O/c1-20-10-8-17(16-6-4-3-5-7-16)14-21(20,26)11-9-18(20)15-23-24-19-22-12-13-25(19)2/h3-7,15,17-18,26H,8-14H2,1-2H3,(H,22,24)/b23-15+/t17-,18+,20+,21-/m0/s1. The molecule has 2 fully saturated rings. The molecule has 2 N–H and O–H groups in total. The van der Waals surface area contributed by atoms with E-state index in [4.69, 9.17) is 0 Å². The van der Waals surface area contributed by atoms with E-state index in [2.05, 4.69) is 57.7 Å². The molecule has 1 heterocycles. The van der Waals surface area contributed by atoms with Gasteiger partial charge in [0, 0.05) is 31.1 Å². The van der Waals surface area contributed by atoms with E-state index >= 15 is 0 Å². The molecule has 0 amide bonds. The van der Waals surface area contributed by atoms with Crippen LogP contribution in [0.3, 0.4) is 0 Å². The summed E-state index contributed by atoms with van der Waals surface area (Å²) in [5.74, 6) is 1.61. The number of aliphatic hydroxyl groups is 1. The van der Waals surface area contributed by atoms with Gasteiger partial charge in [0.2, 0.25) is 5.96 Å². The van der Waals surface area contributed by atoms with Crippen LogP contribution >= 0.6 is 0 Å². The molecular formula is C21H30N4O. The highest BCUT2D eigenvalue weighted by atomic mass is 16.3. The smallest absolute Gasteiger partial charge is 0.214 e. The molecule has 140 valence electrons. The van der Waals surface area contributed by atoms with Crippen molar-refractivity contribution in [3.8, 4) is 0 Å². The van der Waals surface area contributed by atoms with Crippen molar-refractivity contribution >= 4 is 12.2 Å². The van der Waals surface area contributed by atoms with Gasteiger partial charge < -0.3 is 10.0 Å². The maximum absolute atomic E-state index is 11.5. The van der Waals surface area contributed by atoms with Gasteiger partial charge in [-0.25, -0.2) is 10.4 Å². The van der Waals surface area contributed by atoms with E-state index in [1.807, 2.05) is 13.3 Å². The Kier molecular flexibility index (Phi) is 4.51. The second kappa shape index (κ2) is 6.69. The molecule has 0 radical (unpaired) electrons. The van der Waals surface area contributed by atoms with E-state index in [1.165, 1.54) is 5.56 Å². The SMILES string of the molecule is CN1CCN=C1N/N=C/[C@H]1CC[C@]2(O)C[C@@H](c3ccccc3)CC[C@]12C. The molecule has 0 saturated heterocycles. The average molecular weight is 354 g/mol. The van der Waals surface area contributed by atoms with Crippen molar-refractivity contribution < 1.29 is 5.11 Å². The third kappa shape index (κ3) is 2.92. The molecule has 5 heteroatoms. The van der Waals surface area contributed by atoms with Gasteiger partial charge in [0.05, 0.1) is 12.1 Å². The van der Waals surface area contributed by atoms with E-state index < -0.39 is 5.60 Å². The summed E-state index contributed by atoms with van der Waals surface area (Å²) in [6.45, 7) is 4.03. The second-order valence-electron chi connectivity index (χ2n) is 8.46. The third-order valence-electron chi connectivity index (χ3n) is 7.10. The van der Waals surface area contributed by atoms with Gasteiger partial charge in [-0.2, -0.15) is 5.10 Å². The minimum atomic E-state index is -0.593. The van der Waals surface area contributed by atoms with Gasteiger partial charge in [0.15, 0.2) is 0 Å². The summed E-state index contributed by atoms with van der Waals surface area (Å²) in [5, 5.41) is 16.0. The van der Waals surface area contributed by atoms with E-state index in [0.717, 1.165) is 51.2 Å². The minimum Gasteiger partial charge on any atom is -0.389 e. The van der Waals surface area contributed by atoms with Crippen molar-refractivity contribution in [1.29, 1.82) is 0 Å². The van der Waals surface area contributed by atoms with E-state index in [1.54, 1.807) is 0 Å². The lowest BCUT2D eigenvalue weighted by molar-refractivity contribution is -0.0957. The van der Waals surface area contributed by atoms with Crippen LogP contribution in [-0.2, 0) is 0 Å². The molecule has 2 saturated carbocycles. The van der Waals surface area contributed by atoms with Gasteiger partial charge in [-0.05, 0) is 43.6 Å². The van der Waals surface area contributed by atoms with Gasteiger partial charge in [-0.15, -0.1) is 0 Å². The van der Waals surface area contributed by atoms with Crippen LogP contribution in [-0.4, -0.2) is 47.9 Å². The first-order chi connectivity index (χ1) is 12.5. The molecule has 0 aromatic heterocycles. The highest BCUT2D eigenvalue weighted by Crippen LogP contribution is 2.60. The average Bonchev–Trinajstić information content (AvgIpc) is 3.17. The van der Waals surface area contributed by atoms with Crippen molar-refractivity contribution in [2.24, 2.45) is 21.4 Å². The van der Waals surface area contributed by atoms with Gasteiger partial charge in [0.25, 0.3) is 0 Å². The fourth-order valence-corrected chi connectivity index (χ4v) is 5.17. The molecule has 26 heavy (non-hydrogen) atoms. The Labute approximate surface area is 156 Å². The quantitative estimate of drug-likeness (QED) is 0.648. The number of benzene rings is 1. The van der Waals surface area contributed by atoms with E-state index in [-0.39, 0.29) is 5.41 Å². The number of fused-ring (bicyclic) bond motifs is 1. The molecule has 5 nitrogen and oxygen atoms in total. The molecule has 4 rings (SSSR count). The van der Waals surface area contributed by atoms with Crippen LogP contribution in [0.15, 0.2) is 40.4 Å². The summed E-state index contributed by atoms with van der Waals surface area (Å²) < 4.78 is 0. The van der Waals surface area contributed by atoms with Crippen LogP contribution in [0.5, 0.6) is 0 Å². The number of likely N-dealkylation sites (N-methyl/N-ethyl adjacent to an activating group) is 1. The zero-order chi connectivity index (χ0) is 18.2. The molecule has 1 aromatic carbocycles. The monoisotopic (exact) mass is 354 g/mol. The number of nitrogens with one attached hydrogen (secondary N) is 1. The van der Waals surface area contributed by atoms with Crippen LogP contribution in [0.1, 0.15) is 50.5 Å². The zero-order valence-corrected chi connectivity index (χ0v) is 15.9. The normalized spacial score (nSPS) is 37.0. The molecular weight excluding hydrogens is 324 g/mol. The largest absolute Gasteiger partial charge is 0.389 e. The van der Waals surface area contributed by atoms with Gasteiger partial charge in [-0.3, -0.25) is 0 Å². The number of hydrazone groups is 1. The zero-order valence-electron chi connectivity index (χ0n) is 15.9. The highest BCUT2D eigenvalue weighted by molar-refractivity contribution is 5.81. The molecule has 1 aromatic rings. The first-order valence-corrected chi connectivity index (χ1v) is 9.84. The Balaban J connectivity index is 1.45. The molecule has 0 bridgehead atoms. The van der Waals surface area contributed by atoms with Crippen LogP contribution < -0.4 is 5.43 Å². The van der Waals surface area contributed by atoms with E-state index in [9.17, 15) is 5.11 Å². The molecule has 1 aliphatic heterocycles. The summed E-state index contributed by atoms with van der Waals surface area (Å²) in [6.07, 6.45) is 6.93. The summed E-state index contributed by atoms with van der Waals surface area (Å²) in [5.41, 5.74) is 3.76. The maximum atomic E-state index is 11.5. The fraction of sp³-hybridized carbons (Fsp3) is 0.619. The maximum Gasteiger partial charge on any atom is 0.214 e. The highest BCUT2D eigenvalue weighted by Gasteiger charge is 2.58. The second-order valence-corrected chi connectivity index (χ2v) is 8.46. The lowest BCUT2D eigenvalue weighted by Crippen LogP contribution is -2.49. The number of hydrogen-bond acceptors (Lipinski definition) is 5. The summed E-state index contributed by atoms with van der Waals surface area (Å²) >= 11 is 0. The molecule has 4 atom stereocenters. The Morgan fingerprint density at radius 1 is 1.27 bits per heavy atom. The first-order valence-electron chi connectivity index (χ1n) is 9.84. The Morgan fingerprint density at radius 3 is 2.81 bits per heavy atom. The Bertz CT molecular complexity index is 703. The number of guanidine groups is 1. The molecule has 2 aliphatic carbocycles. The van der Waals surface area contributed by atoms with Crippen LogP contribution in [0.4, 0.5) is 0 Å². The number of hydrogen-bond donors (Lipinski definition) is 2. The Hall–Kier alpha value is -1.88. The summed E-state index contributed by atoms with van der Waals surface area (Å²) in [7, 11) is 2.02. The van der Waals surface area contributed by atoms with Crippen molar-refractivity contribution in [1.82, 2.24) is 10.3 Å². The first kappa shape index (κ1) is 17.5. The summed E-state index contributed by atoms with van der Waals surface area (Å²) in [4.78, 5) is 6.48. The predicted molar refractivity (Wildman–Crippen MR) is 105 cm³/mol. The number of rotatable bonds is 3. The van der Waals surface area contributed by atoms with Crippen molar-refractivity contribution in [2.45, 2.75) is 50.5 Å². The number of nitrogens with zero attached hydrogens (tertiary/aromatic N) is 3. The Morgan fingerprint density at radius 2 is 2.08 bits per heavy atom. The van der Waals surface area contributed by atoms with Crippen molar-refractivity contribution in [3.05, 3.63) is 35.9 Å². The fourth-order valence-electron chi connectivity index (χ4n) is 5.17. The van der Waals surface area contributed by atoms with Crippen LogP contribution in [0, 0.1) is 11.3 Å².